The van der Waals surface area contributed by atoms with Crippen molar-refractivity contribution >= 4 is 23.5 Å². The standard InChI is InChI=1S/C13H8ClN5O3/c14-8-3-1-7(2-4-8)12-18-19-13(22-12)15-11(21)9-5-6-10(20)17-16-9/h1-6H,(H,17,20)(H,15,19,21). The first kappa shape index (κ1) is 14.0. The minimum atomic E-state index is -0.581. The van der Waals surface area contributed by atoms with Crippen LogP contribution in [0.5, 0.6) is 0 Å². The smallest absolute Gasteiger partial charge is 0.322 e. The van der Waals surface area contributed by atoms with Gasteiger partial charge < -0.3 is 4.42 Å². The monoisotopic (exact) mass is 317 g/mol. The molecule has 0 aliphatic heterocycles. The van der Waals surface area contributed by atoms with Gasteiger partial charge in [-0.05, 0) is 30.3 Å². The molecule has 0 aliphatic carbocycles. The maximum absolute atomic E-state index is 11.9. The summed E-state index contributed by atoms with van der Waals surface area (Å²) in [5, 5.41) is 16.3. The maximum atomic E-state index is 11.9. The molecule has 0 unspecified atom stereocenters. The number of amides is 1. The molecule has 0 saturated carbocycles. The Bertz CT molecular complexity index is 851. The molecule has 0 saturated heterocycles. The lowest BCUT2D eigenvalue weighted by atomic mass is 10.2. The number of H-pyrrole nitrogens is 1. The Morgan fingerprint density at radius 3 is 2.59 bits per heavy atom. The number of carbonyl (C=O) groups excluding carboxylic acids is 1. The number of aromatic amines is 1. The van der Waals surface area contributed by atoms with Gasteiger partial charge in [-0.25, -0.2) is 5.10 Å². The van der Waals surface area contributed by atoms with Crippen molar-refractivity contribution in [3.05, 3.63) is 57.5 Å². The second kappa shape index (κ2) is 5.78. The quantitative estimate of drug-likeness (QED) is 0.760. The van der Waals surface area contributed by atoms with Gasteiger partial charge in [-0.1, -0.05) is 16.7 Å². The van der Waals surface area contributed by atoms with E-state index in [0.717, 1.165) is 0 Å². The Labute approximate surface area is 128 Å². The summed E-state index contributed by atoms with van der Waals surface area (Å²) in [5.74, 6) is -0.344. The van der Waals surface area contributed by atoms with Crippen LogP contribution < -0.4 is 10.9 Å². The van der Waals surface area contributed by atoms with Crippen LogP contribution in [0.4, 0.5) is 6.01 Å². The van der Waals surface area contributed by atoms with E-state index in [2.05, 4.69) is 25.7 Å². The van der Waals surface area contributed by atoms with Gasteiger partial charge in [-0.2, -0.15) is 5.10 Å². The van der Waals surface area contributed by atoms with Gasteiger partial charge in [0.1, 0.15) is 5.69 Å². The Hall–Kier alpha value is -3.00. The minimum Gasteiger partial charge on any atom is -0.403 e. The van der Waals surface area contributed by atoms with Gasteiger partial charge in [0.05, 0.1) is 0 Å². The summed E-state index contributed by atoms with van der Waals surface area (Å²) < 4.78 is 5.33. The molecule has 2 N–H and O–H groups in total. The van der Waals surface area contributed by atoms with Crippen molar-refractivity contribution in [1.82, 2.24) is 20.4 Å². The molecular weight excluding hydrogens is 310 g/mol. The first-order valence-corrected chi connectivity index (χ1v) is 6.46. The number of nitrogens with zero attached hydrogens (tertiary/aromatic N) is 3. The molecule has 22 heavy (non-hydrogen) atoms. The summed E-state index contributed by atoms with van der Waals surface area (Å²) in [4.78, 5) is 22.8. The number of halogens is 1. The summed E-state index contributed by atoms with van der Waals surface area (Å²) in [7, 11) is 0. The average Bonchev–Trinajstić information content (AvgIpc) is 2.97. The van der Waals surface area contributed by atoms with Crippen LogP contribution in [-0.4, -0.2) is 26.3 Å². The fourth-order valence-electron chi connectivity index (χ4n) is 1.61. The van der Waals surface area contributed by atoms with E-state index in [-0.39, 0.29) is 17.6 Å². The molecule has 3 rings (SSSR count). The molecule has 0 atom stereocenters. The third-order valence-electron chi connectivity index (χ3n) is 2.65. The number of anilines is 1. The number of carbonyl (C=O) groups is 1. The lowest BCUT2D eigenvalue weighted by Crippen LogP contribution is -2.17. The number of hydrogen-bond acceptors (Lipinski definition) is 6. The van der Waals surface area contributed by atoms with Crippen LogP contribution in [0.25, 0.3) is 11.5 Å². The average molecular weight is 318 g/mol. The Kier molecular flexibility index (Phi) is 3.67. The van der Waals surface area contributed by atoms with Crippen LogP contribution in [0, 0.1) is 0 Å². The van der Waals surface area contributed by atoms with E-state index in [0.29, 0.717) is 10.6 Å². The van der Waals surface area contributed by atoms with Crippen molar-refractivity contribution in [2.75, 3.05) is 5.32 Å². The summed E-state index contributed by atoms with van der Waals surface area (Å²) in [6, 6.07) is 9.19. The topological polar surface area (TPSA) is 114 Å². The Morgan fingerprint density at radius 1 is 1.14 bits per heavy atom. The SMILES string of the molecule is O=C(Nc1nnc(-c2ccc(Cl)cc2)o1)c1ccc(=O)[nH]n1. The van der Waals surface area contributed by atoms with Crippen LogP contribution in [0.1, 0.15) is 10.5 Å². The summed E-state index contributed by atoms with van der Waals surface area (Å²) >= 11 is 5.80. The van der Waals surface area contributed by atoms with Gasteiger partial charge >= 0.3 is 6.01 Å². The molecule has 3 aromatic rings. The number of hydrogen-bond donors (Lipinski definition) is 2. The highest BCUT2D eigenvalue weighted by Gasteiger charge is 2.13. The number of nitrogens with one attached hydrogen (secondary N) is 2. The first-order chi connectivity index (χ1) is 10.6. The van der Waals surface area contributed by atoms with Crippen LogP contribution in [0.3, 0.4) is 0 Å². The van der Waals surface area contributed by atoms with E-state index in [4.69, 9.17) is 16.0 Å². The molecular formula is C13H8ClN5O3. The lowest BCUT2D eigenvalue weighted by Gasteiger charge is -1.98. The van der Waals surface area contributed by atoms with Gasteiger partial charge in [-0.15, -0.1) is 5.10 Å². The Balaban J connectivity index is 1.76. The molecule has 0 spiro atoms. The highest BCUT2D eigenvalue weighted by molar-refractivity contribution is 6.30. The molecule has 9 heteroatoms. The first-order valence-electron chi connectivity index (χ1n) is 6.08. The molecule has 2 heterocycles. The van der Waals surface area contributed by atoms with E-state index < -0.39 is 11.5 Å². The third kappa shape index (κ3) is 3.01. The molecule has 0 bridgehead atoms. The van der Waals surface area contributed by atoms with Crippen molar-refractivity contribution in [2.45, 2.75) is 0 Å². The van der Waals surface area contributed by atoms with Crippen LogP contribution in [0.2, 0.25) is 5.02 Å². The van der Waals surface area contributed by atoms with Crippen molar-refractivity contribution in [3.63, 3.8) is 0 Å². The van der Waals surface area contributed by atoms with Crippen LogP contribution >= 0.6 is 11.6 Å². The molecule has 110 valence electrons. The summed E-state index contributed by atoms with van der Waals surface area (Å²) in [6.45, 7) is 0. The molecule has 1 aromatic carbocycles. The van der Waals surface area contributed by atoms with Crippen LogP contribution in [0.15, 0.2) is 45.6 Å². The predicted molar refractivity (Wildman–Crippen MR) is 77.6 cm³/mol. The molecule has 1 amide bonds. The van der Waals surface area contributed by atoms with Crippen molar-refractivity contribution in [3.8, 4) is 11.5 Å². The zero-order valence-electron chi connectivity index (χ0n) is 10.9. The van der Waals surface area contributed by atoms with Gasteiger partial charge in [0.25, 0.3) is 11.5 Å². The lowest BCUT2D eigenvalue weighted by molar-refractivity contribution is 0.101. The molecule has 0 radical (unpaired) electrons. The highest BCUT2D eigenvalue weighted by Crippen LogP contribution is 2.21. The number of aromatic nitrogens is 4. The van der Waals surface area contributed by atoms with E-state index in [1.807, 2.05) is 0 Å². The predicted octanol–water partition coefficient (Wildman–Crippen LogP) is 1.73. The number of rotatable bonds is 3. The van der Waals surface area contributed by atoms with E-state index in [9.17, 15) is 9.59 Å². The van der Waals surface area contributed by atoms with Gasteiger partial charge in [0, 0.05) is 16.7 Å². The maximum Gasteiger partial charge on any atom is 0.322 e. The van der Waals surface area contributed by atoms with E-state index in [1.165, 1.54) is 12.1 Å². The van der Waals surface area contributed by atoms with Crippen molar-refractivity contribution in [1.29, 1.82) is 0 Å². The second-order valence-electron chi connectivity index (χ2n) is 4.18. The normalized spacial score (nSPS) is 10.4. The molecule has 8 nitrogen and oxygen atoms in total. The van der Waals surface area contributed by atoms with Crippen LogP contribution in [-0.2, 0) is 0 Å². The minimum absolute atomic E-state index is 0.0193. The summed E-state index contributed by atoms with van der Waals surface area (Å²) in [6.07, 6.45) is 0. The zero-order chi connectivity index (χ0) is 15.5. The third-order valence-corrected chi connectivity index (χ3v) is 2.90. The van der Waals surface area contributed by atoms with E-state index in [1.54, 1.807) is 24.3 Å². The molecule has 2 aromatic heterocycles. The van der Waals surface area contributed by atoms with Gasteiger partial charge in [0.2, 0.25) is 5.89 Å². The fraction of sp³-hybridized carbons (Fsp3) is 0. The van der Waals surface area contributed by atoms with Gasteiger partial charge in [0.15, 0.2) is 0 Å². The Morgan fingerprint density at radius 2 is 1.91 bits per heavy atom. The van der Waals surface area contributed by atoms with Gasteiger partial charge in [-0.3, -0.25) is 14.9 Å². The van der Waals surface area contributed by atoms with E-state index >= 15 is 0 Å². The number of benzene rings is 1. The zero-order valence-corrected chi connectivity index (χ0v) is 11.7. The summed E-state index contributed by atoms with van der Waals surface area (Å²) in [5.41, 5.74) is 0.282. The molecule has 0 fully saturated rings. The second-order valence-corrected chi connectivity index (χ2v) is 4.62. The fourth-order valence-corrected chi connectivity index (χ4v) is 1.74. The molecule has 0 aliphatic rings. The highest BCUT2D eigenvalue weighted by atomic mass is 35.5. The van der Waals surface area contributed by atoms with Crippen molar-refractivity contribution in [2.24, 2.45) is 0 Å². The van der Waals surface area contributed by atoms with Crippen molar-refractivity contribution < 1.29 is 9.21 Å². The largest absolute Gasteiger partial charge is 0.403 e.